The number of nitrogens with zero attached hydrogens (tertiary/aromatic N) is 3. The molecule has 0 fully saturated rings. The van der Waals surface area contributed by atoms with Crippen LogP contribution in [0.25, 0.3) is 27.8 Å². The highest BCUT2D eigenvalue weighted by Crippen LogP contribution is 2.25. The topological polar surface area (TPSA) is 56.7 Å². The van der Waals surface area contributed by atoms with Gasteiger partial charge in [-0.25, -0.2) is 4.98 Å². The van der Waals surface area contributed by atoms with Crippen molar-refractivity contribution in [2.75, 3.05) is 0 Å². The smallest absolute Gasteiger partial charge is 0.100 e. The highest BCUT2D eigenvalue weighted by molar-refractivity contribution is 5.79. The van der Waals surface area contributed by atoms with Crippen molar-refractivity contribution in [1.82, 2.24) is 14.5 Å². The molecular formula is C20H18N4. The lowest BCUT2D eigenvalue weighted by molar-refractivity contribution is 0.819. The summed E-state index contributed by atoms with van der Waals surface area (Å²) in [5, 5.41) is 0. The zero-order valence-corrected chi connectivity index (χ0v) is 13.4. The highest BCUT2D eigenvalue weighted by Gasteiger charge is 2.08. The van der Waals surface area contributed by atoms with Crippen LogP contribution in [0.3, 0.4) is 0 Å². The van der Waals surface area contributed by atoms with Crippen molar-refractivity contribution in [2.24, 2.45) is 5.73 Å². The predicted molar refractivity (Wildman–Crippen MR) is 96.9 cm³/mol. The summed E-state index contributed by atoms with van der Waals surface area (Å²) in [6, 6.07) is 18.6. The molecule has 0 aliphatic heterocycles. The van der Waals surface area contributed by atoms with E-state index in [-0.39, 0.29) is 6.04 Å². The Morgan fingerprint density at radius 1 is 1.00 bits per heavy atom. The molecule has 2 aromatic heterocycles. The fraction of sp³-hybridized carbons (Fsp3) is 0.100. The first-order chi connectivity index (χ1) is 11.7. The average Bonchev–Trinajstić information content (AvgIpc) is 3.06. The van der Waals surface area contributed by atoms with Gasteiger partial charge in [-0.15, -0.1) is 0 Å². The van der Waals surface area contributed by atoms with Crippen molar-refractivity contribution in [3.8, 4) is 16.8 Å². The normalized spacial score (nSPS) is 12.4. The molecule has 0 bridgehead atoms. The van der Waals surface area contributed by atoms with Crippen molar-refractivity contribution in [3.05, 3.63) is 78.9 Å². The lowest BCUT2D eigenvalue weighted by Gasteiger charge is -2.09. The lowest BCUT2D eigenvalue weighted by atomic mass is 10.1. The van der Waals surface area contributed by atoms with Gasteiger partial charge in [-0.05, 0) is 48.4 Å². The van der Waals surface area contributed by atoms with Crippen LogP contribution in [0.5, 0.6) is 0 Å². The molecule has 0 aliphatic carbocycles. The number of hydrogen-bond donors (Lipinski definition) is 1. The zero-order valence-electron chi connectivity index (χ0n) is 13.4. The number of aromatic nitrogens is 3. The Bertz CT molecular complexity index is 987. The summed E-state index contributed by atoms with van der Waals surface area (Å²) in [5.74, 6) is 0. The van der Waals surface area contributed by atoms with Crippen molar-refractivity contribution in [2.45, 2.75) is 13.0 Å². The molecule has 2 heterocycles. The maximum Gasteiger partial charge on any atom is 0.100 e. The molecule has 0 saturated carbocycles. The number of hydrogen-bond acceptors (Lipinski definition) is 3. The largest absolute Gasteiger partial charge is 0.324 e. The molecule has 4 rings (SSSR count). The lowest BCUT2D eigenvalue weighted by Crippen LogP contribution is -2.04. The van der Waals surface area contributed by atoms with Crippen LogP contribution in [0, 0.1) is 0 Å². The molecular weight excluding hydrogens is 296 g/mol. The van der Waals surface area contributed by atoms with Gasteiger partial charge in [-0.3, -0.25) is 9.55 Å². The van der Waals surface area contributed by atoms with Crippen molar-refractivity contribution in [3.63, 3.8) is 0 Å². The molecule has 4 aromatic rings. The number of nitrogens with two attached hydrogens (primary N) is 1. The second-order valence-corrected chi connectivity index (χ2v) is 5.94. The SMILES string of the molecule is CC(N)c1ccc2c(c1)ncn2-c1cccc(-c2cccnc2)c1. The van der Waals surface area contributed by atoms with Crippen LogP contribution in [0.2, 0.25) is 0 Å². The second-order valence-electron chi connectivity index (χ2n) is 5.94. The van der Waals surface area contributed by atoms with Gasteiger partial charge in [0.1, 0.15) is 6.33 Å². The van der Waals surface area contributed by atoms with Crippen molar-refractivity contribution >= 4 is 11.0 Å². The number of benzene rings is 2. The minimum Gasteiger partial charge on any atom is -0.324 e. The minimum absolute atomic E-state index is 0.00783. The Morgan fingerprint density at radius 3 is 2.67 bits per heavy atom. The third-order valence-corrected chi connectivity index (χ3v) is 4.22. The summed E-state index contributed by atoms with van der Waals surface area (Å²) >= 11 is 0. The Hall–Kier alpha value is -2.98. The minimum atomic E-state index is 0.00783. The van der Waals surface area contributed by atoms with Crippen molar-refractivity contribution in [1.29, 1.82) is 0 Å². The summed E-state index contributed by atoms with van der Waals surface area (Å²) in [6.45, 7) is 1.98. The number of pyridine rings is 1. The molecule has 118 valence electrons. The maximum atomic E-state index is 5.97. The molecule has 0 saturated heterocycles. The zero-order chi connectivity index (χ0) is 16.5. The Morgan fingerprint density at radius 2 is 1.88 bits per heavy atom. The molecule has 0 radical (unpaired) electrons. The molecule has 2 aromatic carbocycles. The first-order valence-corrected chi connectivity index (χ1v) is 7.96. The Labute approximate surface area is 140 Å². The monoisotopic (exact) mass is 314 g/mol. The van der Waals surface area contributed by atoms with Gasteiger partial charge in [0.15, 0.2) is 0 Å². The van der Waals surface area contributed by atoms with E-state index < -0.39 is 0 Å². The second kappa shape index (κ2) is 5.91. The molecule has 0 aliphatic rings. The van der Waals surface area contributed by atoms with Crippen LogP contribution in [0.1, 0.15) is 18.5 Å². The third kappa shape index (κ3) is 2.57. The van der Waals surface area contributed by atoms with E-state index in [1.165, 1.54) is 0 Å². The van der Waals surface area contributed by atoms with Crippen molar-refractivity contribution < 1.29 is 0 Å². The van der Waals surface area contributed by atoms with Gasteiger partial charge in [0.25, 0.3) is 0 Å². The summed E-state index contributed by atoms with van der Waals surface area (Å²) in [7, 11) is 0. The molecule has 4 nitrogen and oxygen atoms in total. The molecule has 0 spiro atoms. The fourth-order valence-corrected chi connectivity index (χ4v) is 2.89. The van der Waals surface area contributed by atoms with Gasteiger partial charge in [0.2, 0.25) is 0 Å². The molecule has 1 atom stereocenters. The molecule has 2 N–H and O–H groups in total. The van der Waals surface area contributed by atoms with Gasteiger partial charge in [-0.1, -0.05) is 24.3 Å². The molecule has 24 heavy (non-hydrogen) atoms. The van der Waals surface area contributed by atoms with Crippen LogP contribution < -0.4 is 5.73 Å². The standard InChI is InChI=1S/C20H18N4/c1-14(21)15-7-8-20-19(11-15)23-13-24(20)18-6-2-4-16(10-18)17-5-3-9-22-12-17/h2-14H,21H2,1H3. The van der Waals surface area contributed by atoms with Crippen LogP contribution in [0.15, 0.2) is 73.3 Å². The summed E-state index contributed by atoms with van der Waals surface area (Å²) < 4.78 is 2.10. The Balaban J connectivity index is 1.81. The third-order valence-electron chi connectivity index (χ3n) is 4.22. The van der Waals surface area contributed by atoms with E-state index in [2.05, 4.69) is 63.1 Å². The molecule has 1 unspecified atom stereocenters. The first-order valence-electron chi connectivity index (χ1n) is 7.96. The number of fused-ring (bicyclic) bond motifs is 1. The highest BCUT2D eigenvalue weighted by atomic mass is 15.0. The summed E-state index contributed by atoms with van der Waals surface area (Å²) in [6.07, 6.45) is 5.52. The summed E-state index contributed by atoms with van der Waals surface area (Å²) in [5.41, 5.74) is 12.4. The van der Waals surface area contributed by atoms with Gasteiger partial charge >= 0.3 is 0 Å². The van der Waals surface area contributed by atoms with Gasteiger partial charge in [0.05, 0.1) is 11.0 Å². The number of rotatable bonds is 3. The Kier molecular flexibility index (Phi) is 3.59. The number of imidazole rings is 1. The predicted octanol–water partition coefficient (Wildman–Crippen LogP) is 4.11. The molecule has 0 amide bonds. The maximum absolute atomic E-state index is 5.97. The van der Waals surface area contributed by atoms with Crippen LogP contribution in [-0.4, -0.2) is 14.5 Å². The van der Waals surface area contributed by atoms with Gasteiger partial charge < -0.3 is 5.73 Å². The quantitative estimate of drug-likeness (QED) is 0.619. The van der Waals surface area contributed by atoms with E-state index in [4.69, 9.17) is 5.73 Å². The van der Waals surface area contributed by atoms with Crippen LogP contribution >= 0.6 is 0 Å². The van der Waals surface area contributed by atoms with E-state index in [0.717, 1.165) is 33.4 Å². The van der Waals surface area contributed by atoms with Gasteiger partial charge in [0, 0.05) is 29.7 Å². The van der Waals surface area contributed by atoms with E-state index in [1.54, 1.807) is 6.20 Å². The van der Waals surface area contributed by atoms with Gasteiger partial charge in [-0.2, -0.15) is 0 Å². The van der Waals surface area contributed by atoms with Crippen LogP contribution in [-0.2, 0) is 0 Å². The van der Waals surface area contributed by atoms with E-state index in [1.807, 2.05) is 25.5 Å². The molecule has 4 heteroatoms. The van der Waals surface area contributed by atoms with E-state index in [9.17, 15) is 0 Å². The average molecular weight is 314 g/mol. The fourth-order valence-electron chi connectivity index (χ4n) is 2.89. The van der Waals surface area contributed by atoms with E-state index in [0.29, 0.717) is 0 Å². The first kappa shape index (κ1) is 14.6. The summed E-state index contributed by atoms with van der Waals surface area (Å²) in [4.78, 5) is 8.73. The van der Waals surface area contributed by atoms with E-state index >= 15 is 0 Å². The van der Waals surface area contributed by atoms with Crippen LogP contribution in [0.4, 0.5) is 0 Å².